The second-order valence-corrected chi connectivity index (χ2v) is 8.10. The van der Waals surface area contributed by atoms with Crippen LogP contribution in [-0.4, -0.2) is 31.7 Å². The lowest BCUT2D eigenvalue weighted by Crippen LogP contribution is -2.23. The first-order valence-electron chi connectivity index (χ1n) is 4.49. The number of sulfone groups is 1. The van der Waals surface area contributed by atoms with Crippen molar-refractivity contribution in [3.8, 4) is 5.69 Å². The van der Waals surface area contributed by atoms with Crippen LogP contribution in [0.1, 0.15) is 0 Å². The third-order valence-electron chi connectivity index (χ3n) is 1.99. The smallest absolute Gasteiger partial charge is 0.216 e. The number of rotatable bonds is 2. The molecule has 1 aromatic heterocycles. The third-order valence-corrected chi connectivity index (χ3v) is 5.16. The van der Waals surface area contributed by atoms with E-state index in [1.165, 1.54) is 0 Å². The normalized spacial score (nSPS) is 12.6. The highest BCUT2D eigenvalue weighted by atomic mass is 35.6. The van der Waals surface area contributed by atoms with Gasteiger partial charge in [-0.05, 0) is 22.6 Å². The summed E-state index contributed by atoms with van der Waals surface area (Å²) in [5.74, 6) is 0. The van der Waals surface area contributed by atoms with Crippen LogP contribution < -0.4 is 0 Å². The minimum absolute atomic E-state index is 0.440. The minimum atomic E-state index is -4.29. The Morgan fingerprint density at radius 3 is 2.28 bits per heavy atom. The van der Waals surface area contributed by atoms with Crippen molar-refractivity contribution in [1.29, 1.82) is 0 Å². The molecule has 0 saturated carbocycles. The summed E-state index contributed by atoms with van der Waals surface area (Å²) in [6.45, 7) is 0. The van der Waals surface area contributed by atoms with Gasteiger partial charge < -0.3 is 0 Å². The predicted molar refractivity (Wildman–Crippen MR) is 66.6 cm³/mol. The van der Waals surface area contributed by atoms with Gasteiger partial charge in [0.15, 0.2) is 0 Å². The molecule has 18 heavy (non-hydrogen) atoms. The summed E-state index contributed by atoms with van der Waals surface area (Å²) in [5.41, 5.74) is 0.440. The number of hydrogen-bond acceptors (Lipinski definition) is 5. The van der Waals surface area contributed by atoms with E-state index in [0.29, 0.717) is 5.69 Å². The Balaban J connectivity index is 2.61. The van der Waals surface area contributed by atoms with Crippen molar-refractivity contribution in [2.24, 2.45) is 0 Å². The fraction of sp³-hybridized carbons (Fsp3) is 0.125. The number of hydrogen-bond donors (Lipinski definition) is 0. The molecule has 0 spiro atoms. The van der Waals surface area contributed by atoms with Crippen molar-refractivity contribution in [3.63, 3.8) is 0 Å². The Hall–Kier alpha value is -0.890. The van der Waals surface area contributed by atoms with Gasteiger partial charge in [0.05, 0.1) is 5.69 Å². The maximum Gasteiger partial charge on any atom is 0.300 e. The lowest BCUT2D eigenvalue weighted by atomic mass is 10.3. The highest BCUT2D eigenvalue weighted by Crippen LogP contribution is 2.37. The van der Waals surface area contributed by atoms with E-state index in [1.807, 2.05) is 0 Å². The molecule has 0 aliphatic heterocycles. The van der Waals surface area contributed by atoms with E-state index in [4.69, 9.17) is 34.8 Å². The summed E-state index contributed by atoms with van der Waals surface area (Å²) in [6.07, 6.45) is 0. The van der Waals surface area contributed by atoms with Gasteiger partial charge in [-0.1, -0.05) is 58.1 Å². The third kappa shape index (κ3) is 2.31. The van der Waals surface area contributed by atoms with Gasteiger partial charge in [0.2, 0.25) is 0 Å². The summed E-state index contributed by atoms with van der Waals surface area (Å²) in [5, 5.41) is 9.71. The number of halogens is 3. The molecule has 10 heteroatoms. The summed E-state index contributed by atoms with van der Waals surface area (Å²) < 4.78 is 22.3. The van der Waals surface area contributed by atoms with E-state index < -0.39 is 18.1 Å². The molecule has 0 aliphatic rings. The van der Waals surface area contributed by atoms with Gasteiger partial charge in [0.25, 0.3) is 18.1 Å². The van der Waals surface area contributed by atoms with E-state index in [2.05, 4.69) is 15.5 Å². The van der Waals surface area contributed by atoms with Crippen molar-refractivity contribution in [2.75, 3.05) is 0 Å². The maximum atomic E-state index is 11.9. The number of alkyl halides is 3. The molecule has 2 aromatic rings. The SMILES string of the molecule is O=S(=O)(c1nnnn1-c1ccccc1)C(Cl)(Cl)Cl. The number of para-hydroxylation sites is 1. The van der Waals surface area contributed by atoms with Crippen molar-refractivity contribution in [1.82, 2.24) is 20.2 Å². The molecule has 0 aliphatic carbocycles. The standard InChI is InChI=1S/C8H5Cl3N4O2S/c9-8(10,11)18(16,17)7-12-13-14-15(7)6-4-2-1-3-5-6/h1-5H. The molecule has 6 nitrogen and oxygen atoms in total. The topological polar surface area (TPSA) is 77.7 Å². The van der Waals surface area contributed by atoms with Crippen LogP contribution in [0.5, 0.6) is 0 Å². The molecule has 0 saturated heterocycles. The monoisotopic (exact) mass is 326 g/mol. The van der Waals surface area contributed by atoms with Crippen LogP contribution in [0, 0.1) is 0 Å². The summed E-state index contributed by atoms with van der Waals surface area (Å²) in [4.78, 5) is 0. The summed E-state index contributed by atoms with van der Waals surface area (Å²) in [7, 11) is -4.29. The van der Waals surface area contributed by atoms with Crippen LogP contribution in [-0.2, 0) is 9.84 Å². The summed E-state index contributed by atoms with van der Waals surface area (Å²) in [6, 6.07) is 8.39. The Bertz CT molecular complexity index is 650. The second kappa shape index (κ2) is 4.65. The van der Waals surface area contributed by atoms with Gasteiger partial charge in [-0.2, -0.15) is 4.68 Å². The molecule has 0 amide bonds. The van der Waals surface area contributed by atoms with E-state index in [1.54, 1.807) is 30.3 Å². The molecule has 0 radical (unpaired) electrons. The molecule has 0 fully saturated rings. The first-order valence-corrected chi connectivity index (χ1v) is 7.11. The molecule has 0 unspecified atom stereocenters. The van der Waals surface area contributed by atoms with Gasteiger partial charge in [0.1, 0.15) is 0 Å². The van der Waals surface area contributed by atoms with Crippen LogP contribution in [0.3, 0.4) is 0 Å². The molecule has 0 atom stereocenters. The van der Waals surface area contributed by atoms with Crippen LogP contribution >= 0.6 is 34.8 Å². The zero-order valence-electron chi connectivity index (χ0n) is 8.53. The first-order chi connectivity index (χ1) is 8.34. The van der Waals surface area contributed by atoms with Crippen LogP contribution in [0.2, 0.25) is 0 Å². The maximum absolute atomic E-state index is 11.9. The van der Waals surface area contributed by atoms with Crippen molar-refractivity contribution < 1.29 is 8.42 Å². The molecule has 1 aromatic carbocycles. The van der Waals surface area contributed by atoms with Gasteiger partial charge >= 0.3 is 0 Å². The quantitative estimate of drug-likeness (QED) is 0.786. The van der Waals surface area contributed by atoms with E-state index in [-0.39, 0.29) is 0 Å². The Morgan fingerprint density at radius 1 is 1.11 bits per heavy atom. The van der Waals surface area contributed by atoms with Gasteiger partial charge in [-0.15, -0.1) is 0 Å². The fourth-order valence-corrected chi connectivity index (χ4v) is 2.52. The Morgan fingerprint density at radius 2 is 1.72 bits per heavy atom. The van der Waals surface area contributed by atoms with E-state index in [9.17, 15) is 8.42 Å². The number of tetrazole rings is 1. The van der Waals surface area contributed by atoms with E-state index in [0.717, 1.165) is 4.68 Å². The van der Waals surface area contributed by atoms with Crippen LogP contribution in [0.15, 0.2) is 35.5 Å². The Labute approximate surface area is 117 Å². The average Bonchev–Trinajstić information content (AvgIpc) is 2.78. The number of nitrogens with zero attached hydrogens (tertiary/aromatic N) is 4. The van der Waals surface area contributed by atoms with Crippen LogP contribution in [0.25, 0.3) is 5.69 Å². The molecular formula is C8H5Cl3N4O2S. The zero-order valence-corrected chi connectivity index (χ0v) is 11.6. The zero-order chi connectivity index (χ0) is 13.4. The van der Waals surface area contributed by atoms with Crippen molar-refractivity contribution in [3.05, 3.63) is 30.3 Å². The highest BCUT2D eigenvalue weighted by Gasteiger charge is 2.43. The minimum Gasteiger partial charge on any atom is -0.216 e. The highest BCUT2D eigenvalue weighted by molar-refractivity contribution is 7.97. The lowest BCUT2D eigenvalue weighted by molar-refractivity contribution is 0.580. The molecule has 1 heterocycles. The second-order valence-electron chi connectivity index (χ2n) is 3.16. The van der Waals surface area contributed by atoms with Gasteiger partial charge in [-0.25, -0.2) is 8.42 Å². The molecule has 0 bridgehead atoms. The number of aromatic nitrogens is 4. The van der Waals surface area contributed by atoms with Crippen molar-refractivity contribution in [2.45, 2.75) is 8.28 Å². The molecule has 2 rings (SSSR count). The summed E-state index contributed by atoms with van der Waals surface area (Å²) >= 11 is 16.2. The first kappa shape index (κ1) is 13.5. The predicted octanol–water partition coefficient (Wildman–Crippen LogP) is 1.76. The largest absolute Gasteiger partial charge is 0.300 e. The molecule has 96 valence electrons. The van der Waals surface area contributed by atoms with Gasteiger partial charge in [0, 0.05) is 0 Å². The van der Waals surface area contributed by atoms with Crippen molar-refractivity contribution >= 4 is 44.6 Å². The molecular weight excluding hydrogens is 323 g/mol. The van der Waals surface area contributed by atoms with Crippen LogP contribution in [0.4, 0.5) is 0 Å². The average molecular weight is 328 g/mol. The number of benzene rings is 1. The van der Waals surface area contributed by atoms with E-state index >= 15 is 0 Å². The Kier molecular flexibility index (Phi) is 3.50. The molecule has 0 N–H and O–H groups in total. The van der Waals surface area contributed by atoms with Gasteiger partial charge in [-0.3, -0.25) is 0 Å². The lowest BCUT2D eigenvalue weighted by Gasteiger charge is -2.11. The fourth-order valence-electron chi connectivity index (χ4n) is 1.18.